The molecule has 2 amide bonds. The van der Waals surface area contributed by atoms with Gasteiger partial charge in [-0.2, -0.15) is 5.10 Å². The summed E-state index contributed by atoms with van der Waals surface area (Å²) in [7, 11) is 4.43. The van der Waals surface area contributed by atoms with E-state index in [1.54, 1.807) is 37.4 Å². The molecule has 3 aromatic rings. The van der Waals surface area contributed by atoms with E-state index in [0.717, 1.165) is 0 Å². The number of aromatic nitrogens is 2. The molecule has 10 heteroatoms. The van der Waals surface area contributed by atoms with E-state index in [1.807, 2.05) is 0 Å². The number of rotatable bonds is 7. The van der Waals surface area contributed by atoms with Crippen molar-refractivity contribution >= 4 is 23.5 Å². The molecule has 0 fully saturated rings. The Balaban J connectivity index is 1.61. The number of hydrogen-bond donors (Lipinski definition) is 2. The normalized spacial score (nSPS) is 10.4. The van der Waals surface area contributed by atoms with Gasteiger partial charge in [0.2, 0.25) is 0 Å². The van der Waals surface area contributed by atoms with Crippen LogP contribution in [0, 0.1) is 0 Å². The molecule has 0 aliphatic heterocycles. The topological polar surface area (TPSA) is 125 Å². The monoisotopic (exact) mass is 412 g/mol. The summed E-state index contributed by atoms with van der Waals surface area (Å²) in [6, 6.07) is 9.54. The van der Waals surface area contributed by atoms with Crippen LogP contribution < -0.4 is 15.4 Å². The van der Waals surface area contributed by atoms with Gasteiger partial charge in [0.15, 0.2) is 11.5 Å². The molecule has 2 N–H and O–H groups in total. The van der Waals surface area contributed by atoms with Crippen molar-refractivity contribution in [3.63, 3.8) is 0 Å². The first-order valence-electron chi connectivity index (χ1n) is 8.88. The number of anilines is 1. The van der Waals surface area contributed by atoms with Gasteiger partial charge in [-0.15, -0.1) is 0 Å². The van der Waals surface area contributed by atoms with Crippen molar-refractivity contribution in [1.29, 1.82) is 0 Å². The third kappa shape index (κ3) is 4.66. The number of ether oxygens (including phenoxy) is 2. The van der Waals surface area contributed by atoms with E-state index in [-0.39, 0.29) is 23.7 Å². The van der Waals surface area contributed by atoms with E-state index in [2.05, 4.69) is 20.5 Å². The van der Waals surface area contributed by atoms with Gasteiger partial charge in [0.1, 0.15) is 18.1 Å². The number of carbonyl (C=O) groups is 3. The average Bonchev–Trinajstić information content (AvgIpc) is 3.38. The lowest BCUT2D eigenvalue weighted by Gasteiger charge is -2.05. The van der Waals surface area contributed by atoms with Gasteiger partial charge < -0.3 is 24.5 Å². The number of nitrogens with zero attached hydrogens (tertiary/aromatic N) is 2. The van der Waals surface area contributed by atoms with Crippen LogP contribution in [0.1, 0.15) is 37.2 Å². The highest BCUT2D eigenvalue weighted by Gasteiger charge is 2.19. The van der Waals surface area contributed by atoms with Gasteiger partial charge in [0.05, 0.1) is 18.4 Å². The Hall–Kier alpha value is -4.08. The first kappa shape index (κ1) is 20.6. The van der Waals surface area contributed by atoms with Gasteiger partial charge in [-0.3, -0.25) is 14.3 Å². The summed E-state index contributed by atoms with van der Waals surface area (Å²) in [5.74, 6) is -0.372. The van der Waals surface area contributed by atoms with Crippen molar-refractivity contribution in [2.45, 2.75) is 6.61 Å². The van der Waals surface area contributed by atoms with Crippen LogP contribution in [-0.4, -0.2) is 41.7 Å². The second kappa shape index (κ2) is 8.95. The summed E-state index contributed by atoms with van der Waals surface area (Å²) in [5, 5.41) is 9.11. The lowest BCUT2D eigenvalue weighted by molar-refractivity contribution is 0.0600. The van der Waals surface area contributed by atoms with E-state index in [0.29, 0.717) is 17.1 Å². The molecule has 2 heterocycles. The number of nitrogens with one attached hydrogen (secondary N) is 2. The predicted molar refractivity (Wildman–Crippen MR) is 105 cm³/mol. The molecular formula is C20H20N4O6. The maximum Gasteiger partial charge on any atom is 0.337 e. The zero-order valence-electron chi connectivity index (χ0n) is 16.6. The van der Waals surface area contributed by atoms with Crippen molar-refractivity contribution in [2.24, 2.45) is 7.05 Å². The average molecular weight is 412 g/mol. The largest absolute Gasteiger partial charge is 0.486 e. The van der Waals surface area contributed by atoms with Gasteiger partial charge >= 0.3 is 5.97 Å². The molecule has 0 bridgehead atoms. The molecule has 0 spiro atoms. The molecule has 0 saturated carbocycles. The highest BCUT2D eigenvalue weighted by atomic mass is 16.5. The van der Waals surface area contributed by atoms with Crippen LogP contribution in [0.15, 0.2) is 47.0 Å². The second-order valence-electron chi connectivity index (χ2n) is 6.17. The molecule has 0 aliphatic rings. The molecule has 0 aliphatic carbocycles. The van der Waals surface area contributed by atoms with Gasteiger partial charge in [-0.1, -0.05) is 0 Å². The lowest BCUT2D eigenvalue weighted by Crippen LogP contribution is -2.21. The SMILES string of the molecule is CNC(=O)c1nn(C)cc1NC(=O)c1ccc(COc2ccc(C(=O)OC)cc2)o1. The van der Waals surface area contributed by atoms with E-state index >= 15 is 0 Å². The van der Waals surface area contributed by atoms with Gasteiger partial charge in [0.25, 0.3) is 11.8 Å². The molecular weight excluding hydrogens is 392 g/mol. The van der Waals surface area contributed by atoms with Crippen molar-refractivity contribution in [3.8, 4) is 5.75 Å². The molecule has 0 saturated heterocycles. The van der Waals surface area contributed by atoms with Gasteiger partial charge in [-0.05, 0) is 36.4 Å². The van der Waals surface area contributed by atoms with E-state index in [9.17, 15) is 14.4 Å². The highest BCUT2D eigenvalue weighted by molar-refractivity contribution is 6.06. The van der Waals surface area contributed by atoms with E-state index in [4.69, 9.17) is 9.15 Å². The smallest absolute Gasteiger partial charge is 0.337 e. The van der Waals surface area contributed by atoms with Crippen LogP contribution >= 0.6 is 0 Å². The number of amides is 2. The fourth-order valence-electron chi connectivity index (χ4n) is 2.59. The third-order valence-corrected chi connectivity index (χ3v) is 4.06. The number of esters is 1. The first-order chi connectivity index (χ1) is 14.4. The Morgan fingerprint density at radius 1 is 1.10 bits per heavy atom. The Kier molecular flexibility index (Phi) is 6.16. The molecule has 30 heavy (non-hydrogen) atoms. The van der Waals surface area contributed by atoms with Crippen LogP contribution in [0.5, 0.6) is 5.75 Å². The Bertz CT molecular complexity index is 1070. The van der Waals surface area contributed by atoms with Gasteiger partial charge in [-0.25, -0.2) is 4.79 Å². The fourth-order valence-corrected chi connectivity index (χ4v) is 2.59. The van der Waals surface area contributed by atoms with Crippen LogP contribution in [0.2, 0.25) is 0 Å². The third-order valence-electron chi connectivity index (χ3n) is 4.06. The summed E-state index contributed by atoms with van der Waals surface area (Å²) in [6.07, 6.45) is 1.52. The minimum absolute atomic E-state index is 0.0568. The summed E-state index contributed by atoms with van der Waals surface area (Å²) in [6.45, 7) is 0.0846. The summed E-state index contributed by atoms with van der Waals surface area (Å²) in [4.78, 5) is 35.7. The van der Waals surface area contributed by atoms with Gasteiger partial charge in [0, 0.05) is 20.3 Å². The van der Waals surface area contributed by atoms with E-state index < -0.39 is 17.8 Å². The predicted octanol–water partition coefficient (Wildman–Crippen LogP) is 1.99. The van der Waals surface area contributed by atoms with Crippen LogP contribution in [0.25, 0.3) is 0 Å². The lowest BCUT2D eigenvalue weighted by atomic mass is 10.2. The van der Waals surface area contributed by atoms with Crippen LogP contribution in [0.3, 0.4) is 0 Å². The summed E-state index contributed by atoms with van der Waals surface area (Å²) >= 11 is 0. The second-order valence-corrected chi connectivity index (χ2v) is 6.17. The number of methoxy groups -OCH3 is 1. The number of aryl methyl sites for hydroxylation is 1. The number of carbonyl (C=O) groups excluding carboxylic acids is 3. The van der Waals surface area contributed by atoms with Crippen molar-refractivity contribution in [3.05, 3.63) is 65.4 Å². The standard InChI is InChI=1S/C20H20N4O6/c1-21-19(26)17-15(10-24(2)23-17)22-18(25)16-9-8-14(30-16)11-29-13-6-4-12(5-7-13)20(27)28-3/h4-10H,11H2,1-3H3,(H,21,26)(H,22,25). The maximum atomic E-state index is 12.4. The molecule has 1 aromatic carbocycles. The van der Waals surface area contributed by atoms with Crippen molar-refractivity contribution < 1.29 is 28.3 Å². The zero-order chi connectivity index (χ0) is 21.7. The minimum Gasteiger partial charge on any atom is -0.486 e. The van der Waals surface area contributed by atoms with Crippen LogP contribution in [0.4, 0.5) is 5.69 Å². The van der Waals surface area contributed by atoms with Crippen LogP contribution in [-0.2, 0) is 18.4 Å². The van der Waals surface area contributed by atoms with E-state index in [1.165, 1.54) is 31.1 Å². The molecule has 0 radical (unpaired) electrons. The molecule has 10 nitrogen and oxygen atoms in total. The summed E-state index contributed by atoms with van der Waals surface area (Å²) in [5.41, 5.74) is 0.772. The Morgan fingerprint density at radius 2 is 1.83 bits per heavy atom. The quantitative estimate of drug-likeness (QED) is 0.569. The Labute approximate surface area is 171 Å². The molecule has 2 aromatic heterocycles. The molecule has 156 valence electrons. The van der Waals surface area contributed by atoms with Crippen molar-refractivity contribution in [2.75, 3.05) is 19.5 Å². The first-order valence-corrected chi connectivity index (χ1v) is 8.88. The molecule has 0 atom stereocenters. The van der Waals surface area contributed by atoms with Crippen molar-refractivity contribution in [1.82, 2.24) is 15.1 Å². The maximum absolute atomic E-state index is 12.4. The minimum atomic E-state index is -0.526. The fraction of sp³-hybridized carbons (Fsp3) is 0.200. The Morgan fingerprint density at radius 3 is 2.50 bits per heavy atom. The molecule has 0 unspecified atom stereocenters. The summed E-state index contributed by atoms with van der Waals surface area (Å²) < 4.78 is 17.2. The number of furan rings is 1. The number of benzene rings is 1. The number of hydrogen-bond acceptors (Lipinski definition) is 7. The highest BCUT2D eigenvalue weighted by Crippen LogP contribution is 2.18. The molecule has 3 rings (SSSR count). The zero-order valence-corrected chi connectivity index (χ0v) is 16.6.